The molecule has 0 aliphatic heterocycles. The van der Waals surface area contributed by atoms with Gasteiger partial charge in [-0.2, -0.15) is 0 Å². The second-order valence-corrected chi connectivity index (χ2v) is 8.27. The molecule has 0 radical (unpaired) electrons. The summed E-state index contributed by atoms with van der Waals surface area (Å²) < 4.78 is 1.91. The van der Waals surface area contributed by atoms with E-state index in [1.54, 1.807) is 11.3 Å². The Kier molecular flexibility index (Phi) is 7.22. The smallest absolute Gasteiger partial charge is 0.107 e. The average Bonchev–Trinajstić information content (AvgIpc) is 2.55. The second-order valence-electron chi connectivity index (χ2n) is 5.68. The molecule has 0 atom stereocenters. The molecule has 0 spiro atoms. The normalized spacial score (nSPS) is 12.1. The summed E-state index contributed by atoms with van der Waals surface area (Å²) in [6.07, 6.45) is 6.30. The fourth-order valence-corrected chi connectivity index (χ4v) is 3.59. The van der Waals surface area contributed by atoms with Crippen LogP contribution in [-0.4, -0.2) is 12.1 Å². The van der Waals surface area contributed by atoms with Crippen molar-refractivity contribution in [1.29, 1.82) is 0 Å². The molecule has 1 N–H and O–H groups in total. The Balaban J connectivity index is 2.02. The topological polar surface area (TPSA) is 12.0 Å². The van der Waals surface area contributed by atoms with E-state index < -0.39 is 0 Å². The van der Waals surface area contributed by atoms with Crippen LogP contribution < -0.4 is 5.32 Å². The van der Waals surface area contributed by atoms with E-state index in [1.165, 1.54) is 30.6 Å². The van der Waals surface area contributed by atoms with Gasteiger partial charge < -0.3 is 5.32 Å². The molecule has 1 nitrogen and oxygen atoms in total. The number of halogens is 2. The van der Waals surface area contributed by atoms with Crippen LogP contribution in [0.25, 0.3) is 0 Å². The summed E-state index contributed by atoms with van der Waals surface area (Å²) in [6, 6.07) is 2.15. The molecule has 104 valence electrons. The van der Waals surface area contributed by atoms with Crippen molar-refractivity contribution < 1.29 is 0 Å². The highest BCUT2D eigenvalue weighted by molar-refractivity contribution is 9.10. The molecule has 1 rings (SSSR count). The standard InChI is InChI=1S/C14H23BrClNS/c1-14(2,3)17-9-7-5-4-6-8-11-10-12(15)13(16)18-11/h10,17H,4-9H2,1-3H3. The van der Waals surface area contributed by atoms with Crippen molar-refractivity contribution in [2.45, 2.75) is 58.4 Å². The van der Waals surface area contributed by atoms with Gasteiger partial charge in [0.25, 0.3) is 0 Å². The Hall–Kier alpha value is 0.430. The Morgan fingerprint density at radius 3 is 2.44 bits per heavy atom. The molecular weight excluding hydrogens is 330 g/mol. The molecule has 0 saturated heterocycles. The summed E-state index contributed by atoms with van der Waals surface area (Å²) in [5, 5.41) is 3.52. The molecule has 4 heteroatoms. The quantitative estimate of drug-likeness (QED) is 0.625. The van der Waals surface area contributed by atoms with Gasteiger partial charge in [0.1, 0.15) is 4.34 Å². The van der Waals surface area contributed by atoms with Crippen LogP contribution in [0.1, 0.15) is 51.3 Å². The molecular formula is C14H23BrClNS. The molecule has 1 aromatic rings. The summed E-state index contributed by atoms with van der Waals surface area (Å²) in [5.74, 6) is 0. The predicted octanol–water partition coefficient (Wildman–Crippen LogP) is 5.66. The van der Waals surface area contributed by atoms with Crippen molar-refractivity contribution in [3.8, 4) is 0 Å². The maximum Gasteiger partial charge on any atom is 0.107 e. The van der Waals surface area contributed by atoms with Gasteiger partial charge in [-0.15, -0.1) is 11.3 Å². The van der Waals surface area contributed by atoms with Crippen LogP contribution in [0.2, 0.25) is 4.34 Å². The molecule has 0 bridgehead atoms. The summed E-state index contributed by atoms with van der Waals surface area (Å²) >= 11 is 11.2. The summed E-state index contributed by atoms with van der Waals surface area (Å²) in [5.41, 5.74) is 0.250. The molecule has 18 heavy (non-hydrogen) atoms. The third-order valence-electron chi connectivity index (χ3n) is 2.70. The number of nitrogens with one attached hydrogen (secondary N) is 1. The summed E-state index contributed by atoms with van der Waals surface area (Å²) in [7, 11) is 0. The molecule has 0 aliphatic carbocycles. The van der Waals surface area contributed by atoms with Gasteiger partial charge in [-0.3, -0.25) is 0 Å². The number of rotatable bonds is 7. The zero-order valence-electron chi connectivity index (χ0n) is 11.5. The van der Waals surface area contributed by atoms with Crippen molar-refractivity contribution in [2.24, 2.45) is 0 Å². The largest absolute Gasteiger partial charge is 0.312 e. The second kappa shape index (κ2) is 7.88. The Morgan fingerprint density at radius 2 is 1.89 bits per heavy atom. The zero-order chi connectivity index (χ0) is 13.6. The van der Waals surface area contributed by atoms with E-state index in [2.05, 4.69) is 48.1 Å². The number of aryl methyl sites for hydroxylation is 1. The lowest BCUT2D eigenvalue weighted by molar-refractivity contribution is 0.416. The van der Waals surface area contributed by atoms with Crippen LogP contribution >= 0.6 is 38.9 Å². The van der Waals surface area contributed by atoms with Gasteiger partial charge in [0.15, 0.2) is 0 Å². The Bertz CT molecular complexity index is 338. The van der Waals surface area contributed by atoms with E-state index in [4.69, 9.17) is 11.6 Å². The summed E-state index contributed by atoms with van der Waals surface area (Å²) in [4.78, 5) is 1.39. The Labute approximate surface area is 128 Å². The maximum atomic E-state index is 6.02. The van der Waals surface area contributed by atoms with Crippen molar-refractivity contribution in [2.75, 3.05) is 6.54 Å². The first-order valence-corrected chi connectivity index (χ1v) is 8.56. The lowest BCUT2D eigenvalue weighted by Gasteiger charge is -2.20. The molecule has 0 fully saturated rings. The van der Waals surface area contributed by atoms with E-state index in [0.29, 0.717) is 0 Å². The first kappa shape index (κ1) is 16.5. The van der Waals surface area contributed by atoms with E-state index >= 15 is 0 Å². The molecule has 0 aliphatic rings. The van der Waals surface area contributed by atoms with Gasteiger partial charge >= 0.3 is 0 Å². The van der Waals surface area contributed by atoms with Crippen molar-refractivity contribution >= 4 is 38.9 Å². The third kappa shape index (κ3) is 7.13. The molecule has 1 aromatic heterocycles. The van der Waals surface area contributed by atoms with Crippen LogP contribution in [0.5, 0.6) is 0 Å². The van der Waals surface area contributed by atoms with Gasteiger partial charge in [-0.05, 0) is 68.6 Å². The van der Waals surface area contributed by atoms with Crippen LogP contribution in [0.15, 0.2) is 10.5 Å². The SMILES string of the molecule is CC(C)(C)NCCCCCCc1cc(Br)c(Cl)s1. The van der Waals surface area contributed by atoms with Crippen LogP contribution in [0.4, 0.5) is 0 Å². The van der Waals surface area contributed by atoms with Crippen LogP contribution in [0, 0.1) is 0 Å². The van der Waals surface area contributed by atoms with Gasteiger partial charge in [0.05, 0.1) is 0 Å². The van der Waals surface area contributed by atoms with Crippen LogP contribution in [0.3, 0.4) is 0 Å². The fourth-order valence-electron chi connectivity index (χ4n) is 1.76. The highest BCUT2D eigenvalue weighted by Crippen LogP contribution is 2.32. The molecule has 0 amide bonds. The first-order valence-electron chi connectivity index (χ1n) is 6.57. The fraction of sp³-hybridized carbons (Fsp3) is 0.714. The Morgan fingerprint density at radius 1 is 1.22 bits per heavy atom. The van der Waals surface area contributed by atoms with Crippen molar-refractivity contribution in [3.05, 3.63) is 19.8 Å². The van der Waals surface area contributed by atoms with E-state index in [0.717, 1.165) is 21.8 Å². The molecule has 0 unspecified atom stereocenters. The summed E-state index contributed by atoms with van der Waals surface area (Å²) in [6.45, 7) is 7.77. The van der Waals surface area contributed by atoms with Gasteiger partial charge in [0.2, 0.25) is 0 Å². The van der Waals surface area contributed by atoms with Crippen molar-refractivity contribution in [3.63, 3.8) is 0 Å². The first-order chi connectivity index (χ1) is 8.38. The van der Waals surface area contributed by atoms with Gasteiger partial charge in [-0.25, -0.2) is 0 Å². The van der Waals surface area contributed by atoms with E-state index in [1.807, 2.05) is 0 Å². The lowest BCUT2D eigenvalue weighted by Crippen LogP contribution is -2.36. The number of hydrogen-bond donors (Lipinski definition) is 1. The number of unbranched alkanes of at least 4 members (excludes halogenated alkanes) is 3. The number of thiophene rings is 1. The van der Waals surface area contributed by atoms with Gasteiger partial charge in [0, 0.05) is 14.9 Å². The zero-order valence-corrected chi connectivity index (χ0v) is 14.6. The van der Waals surface area contributed by atoms with Gasteiger partial charge in [-0.1, -0.05) is 24.4 Å². The minimum atomic E-state index is 0.250. The average molecular weight is 353 g/mol. The molecule has 0 saturated carbocycles. The minimum absolute atomic E-state index is 0.250. The molecule has 1 heterocycles. The third-order valence-corrected chi connectivity index (χ3v) is 5.24. The number of hydrogen-bond acceptors (Lipinski definition) is 2. The highest BCUT2D eigenvalue weighted by atomic mass is 79.9. The van der Waals surface area contributed by atoms with Crippen LogP contribution in [-0.2, 0) is 6.42 Å². The van der Waals surface area contributed by atoms with Crippen molar-refractivity contribution in [1.82, 2.24) is 5.32 Å². The maximum absolute atomic E-state index is 6.02. The molecule has 0 aromatic carbocycles. The lowest BCUT2D eigenvalue weighted by atomic mass is 10.1. The van der Waals surface area contributed by atoms with E-state index in [-0.39, 0.29) is 5.54 Å². The van der Waals surface area contributed by atoms with E-state index in [9.17, 15) is 0 Å². The monoisotopic (exact) mass is 351 g/mol. The predicted molar refractivity (Wildman–Crippen MR) is 87.0 cm³/mol. The highest BCUT2D eigenvalue weighted by Gasteiger charge is 2.07. The minimum Gasteiger partial charge on any atom is -0.312 e.